The summed E-state index contributed by atoms with van der Waals surface area (Å²) >= 11 is 0. The molecule has 3 atom stereocenters. The Balaban J connectivity index is 1.59. The quantitative estimate of drug-likeness (QED) is 0.491. The Morgan fingerprint density at radius 2 is 1.94 bits per heavy atom. The number of carbonyl (C=O) groups is 1. The largest absolute Gasteiger partial charge is 0.414 e. The van der Waals surface area contributed by atoms with Crippen LogP contribution in [0.3, 0.4) is 0 Å². The maximum atomic E-state index is 13.2. The lowest BCUT2D eigenvalue weighted by Gasteiger charge is -2.37. The number of amides is 1. The molecule has 1 fully saturated rings. The third-order valence-corrected chi connectivity index (χ3v) is 11.8. The average Bonchev–Trinajstić information content (AvgIpc) is 3.21. The van der Waals surface area contributed by atoms with Crippen LogP contribution in [0.25, 0.3) is 10.9 Å². The monoisotopic (exact) mass is 510 g/mol. The summed E-state index contributed by atoms with van der Waals surface area (Å²) < 4.78 is 14.0. The van der Waals surface area contributed by atoms with Gasteiger partial charge in [-0.3, -0.25) is 19.1 Å². The van der Waals surface area contributed by atoms with Crippen LogP contribution in [0.4, 0.5) is 0 Å². The third kappa shape index (κ3) is 5.35. The molecule has 1 amide bonds. The Morgan fingerprint density at radius 3 is 2.67 bits per heavy atom. The molecule has 0 unspecified atom stereocenters. The summed E-state index contributed by atoms with van der Waals surface area (Å²) in [5.41, 5.74) is 0.458. The van der Waals surface area contributed by atoms with Gasteiger partial charge in [-0.15, -0.1) is 0 Å². The smallest absolute Gasteiger partial charge is 0.330 e. The molecule has 1 aromatic carbocycles. The van der Waals surface area contributed by atoms with E-state index in [1.807, 2.05) is 30.3 Å². The fourth-order valence-corrected chi connectivity index (χ4v) is 4.96. The summed E-state index contributed by atoms with van der Waals surface area (Å²) in [6.07, 6.45) is 0.701. The highest BCUT2D eigenvalue weighted by Gasteiger charge is 2.42. The number of hydrogen-bond donors (Lipinski definition) is 2. The summed E-state index contributed by atoms with van der Waals surface area (Å²) in [6, 6.07) is 10.8. The maximum absolute atomic E-state index is 13.2. The number of carbonyl (C=O) groups excluding carboxylic acids is 1. The first-order valence-corrected chi connectivity index (χ1v) is 15.0. The number of hydrogen-bond acceptors (Lipinski definition) is 6. The van der Waals surface area contributed by atoms with Crippen LogP contribution in [0.1, 0.15) is 49.5 Å². The molecular formula is C26H34N4O5Si. The predicted molar refractivity (Wildman–Crippen MR) is 141 cm³/mol. The molecule has 0 spiro atoms. The van der Waals surface area contributed by atoms with Crippen molar-refractivity contribution in [2.45, 2.75) is 70.6 Å². The van der Waals surface area contributed by atoms with Gasteiger partial charge in [0.1, 0.15) is 18.0 Å². The van der Waals surface area contributed by atoms with E-state index in [1.165, 1.54) is 10.8 Å². The van der Waals surface area contributed by atoms with E-state index < -0.39 is 37.9 Å². The van der Waals surface area contributed by atoms with Gasteiger partial charge in [0.2, 0.25) is 0 Å². The number of aryl methyl sites for hydroxylation is 1. The zero-order valence-corrected chi connectivity index (χ0v) is 22.6. The van der Waals surface area contributed by atoms with E-state index in [0.717, 1.165) is 10.9 Å². The van der Waals surface area contributed by atoms with E-state index in [0.29, 0.717) is 17.7 Å². The number of nitrogens with zero attached hydrogens (tertiary/aromatic N) is 2. The van der Waals surface area contributed by atoms with Crippen molar-refractivity contribution in [1.29, 1.82) is 0 Å². The second-order valence-corrected chi connectivity index (χ2v) is 15.7. The molecular weight excluding hydrogens is 476 g/mol. The second-order valence-electron chi connectivity index (χ2n) is 10.9. The first-order valence-electron chi connectivity index (χ1n) is 12.1. The molecule has 36 heavy (non-hydrogen) atoms. The summed E-state index contributed by atoms with van der Waals surface area (Å²) in [7, 11) is -2.09. The van der Waals surface area contributed by atoms with Crippen molar-refractivity contribution in [2.24, 2.45) is 0 Å². The van der Waals surface area contributed by atoms with Gasteiger partial charge in [-0.1, -0.05) is 45.0 Å². The summed E-state index contributed by atoms with van der Waals surface area (Å²) in [5.74, 6) is -0.322. The van der Waals surface area contributed by atoms with E-state index in [4.69, 9.17) is 9.16 Å². The minimum Gasteiger partial charge on any atom is -0.414 e. The molecule has 1 aliphatic heterocycles. The molecule has 4 rings (SSSR count). The normalized spacial score (nSPS) is 20.6. The molecule has 3 heterocycles. The van der Waals surface area contributed by atoms with Crippen LogP contribution in [-0.4, -0.2) is 47.5 Å². The Bertz CT molecular complexity index is 1390. The summed E-state index contributed by atoms with van der Waals surface area (Å²) in [5, 5.41) is 4.01. The van der Waals surface area contributed by atoms with Gasteiger partial charge in [-0.25, -0.2) is 9.78 Å². The van der Waals surface area contributed by atoms with Gasteiger partial charge in [0.05, 0.1) is 18.2 Å². The van der Waals surface area contributed by atoms with Gasteiger partial charge >= 0.3 is 5.69 Å². The van der Waals surface area contributed by atoms with Crippen molar-refractivity contribution in [1.82, 2.24) is 19.9 Å². The van der Waals surface area contributed by atoms with E-state index in [1.54, 1.807) is 13.0 Å². The molecule has 0 aliphatic carbocycles. The second kappa shape index (κ2) is 9.76. The van der Waals surface area contributed by atoms with Gasteiger partial charge in [0, 0.05) is 23.6 Å². The molecule has 1 saturated heterocycles. The fourth-order valence-electron chi connectivity index (χ4n) is 3.95. The van der Waals surface area contributed by atoms with Crippen LogP contribution in [0, 0.1) is 6.92 Å². The number of aromatic nitrogens is 3. The summed E-state index contributed by atoms with van der Waals surface area (Å²) in [6.45, 7) is 12.7. The van der Waals surface area contributed by atoms with E-state index >= 15 is 0 Å². The Labute approximate surface area is 211 Å². The number of ether oxygens (including phenoxy) is 1. The van der Waals surface area contributed by atoms with Crippen molar-refractivity contribution in [3.8, 4) is 0 Å². The predicted octanol–water partition coefficient (Wildman–Crippen LogP) is 3.50. The molecule has 2 aromatic heterocycles. The fraction of sp³-hybridized carbons (Fsp3) is 0.462. The molecule has 192 valence electrons. The molecule has 0 radical (unpaired) electrons. The van der Waals surface area contributed by atoms with Gasteiger partial charge in [0.25, 0.3) is 11.5 Å². The van der Waals surface area contributed by atoms with Crippen molar-refractivity contribution >= 4 is 25.1 Å². The zero-order valence-electron chi connectivity index (χ0n) is 21.6. The lowest BCUT2D eigenvalue weighted by Crippen LogP contribution is -2.47. The molecule has 2 N–H and O–H groups in total. The number of aromatic amines is 1. The maximum Gasteiger partial charge on any atom is 0.330 e. The van der Waals surface area contributed by atoms with E-state index in [-0.39, 0.29) is 17.6 Å². The van der Waals surface area contributed by atoms with Gasteiger partial charge in [0.15, 0.2) is 8.32 Å². The third-order valence-electron chi connectivity index (χ3n) is 7.25. The topological polar surface area (TPSA) is 115 Å². The van der Waals surface area contributed by atoms with Gasteiger partial charge in [-0.05, 0) is 37.2 Å². The standard InChI is InChI=1S/C26H34N4O5Si/c1-16-14-30(25(33)29-23(16)31)22-13-20(21(35-22)15-34-36(5,6)26(2,3)4)28-24(32)19-12-11-17-9-7-8-10-18(17)27-19/h7-12,14,20-22H,13,15H2,1-6H3,(H,28,32)(H,29,31,33)/t20-,21+,22+/m0/s1. The Hall–Kier alpha value is -3.08. The number of benzene rings is 1. The van der Waals surface area contributed by atoms with Gasteiger partial charge in [-0.2, -0.15) is 0 Å². The highest BCUT2D eigenvalue weighted by Crippen LogP contribution is 2.37. The first kappa shape index (κ1) is 26.0. The lowest BCUT2D eigenvalue weighted by atomic mass is 10.1. The SMILES string of the molecule is Cc1cn([C@H]2C[C@H](NC(=O)c3ccc4ccccc4n3)[C@@H](CO[Si](C)(C)C(C)(C)C)O2)c(=O)[nH]c1=O. The molecule has 10 heteroatoms. The highest BCUT2D eigenvalue weighted by molar-refractivity contribution is 6.74. The highest BCUT2D eigenvalue weighted by atomic mass is 28.4. The number of rotatable bonds is 6. The van der Waals surface area contributed by atoms with Crippen LogP contribution in [0.15, 0.2) is 52.2 Å². The minimum absolute atomic E-state index is 0.00569. The van der Waals surface area contributed by atoms with Crippen molar-refractivity contribution in [2.75, 3.05) is 6.61 Å². The van der Waals surface area contributed by atoms with E-state index in [9.17, 15) is 14.4 Å². The first-order chi connectivity index (χ1) is 16.9. The Kier molecular flexibility index (Phi) is 7.05. The molecule has 1 aliphatic rings. The molecule has 0 bridgehead atoms. The number of para-hydroxylation sites is 1. The van der Waals surface area contributed by atoms with Crippen molar-refractivity contribution < 1.29 is 14.0 Å². The molecule has 9 nitrogen and oxygen atoms in total. The zero-order chi connectivity index (χ0) is 26.3. The van der Waals surface area contributed by atoms with E-state index in [2.05, 4.69) is 49.1 Å². The van der Waals surface area contributed by atoms with Gasteiger partial charge < -0.3 is 14.5 Å². The van der Waals surface area contributed by atoms with Crippen molar-refractivity contribution in [3.05, 3.63) is 74.7 Å². The molecule has 3 aromatic rings. The Morgan fingerprint density at radius 1 is 1.22 bits per heavy atom. The number of pyridine rings is 1. The number of nitrogens with one attached hydrogen (secondary N) is 2. The van der Waals surface area contributed by atoms with Crippen LogP contribution < -0.4 is 16.6 Å². The number of fused-ring (bicyclic) bond motifs is 1. The van der Waals surface area contributed by atoms with Crippen LogP contribution in [0.2, 0.25) is 18.1 Å². The average molecular weight is 511 g/mol. The van der Waals surface area contributed by atoms with Crippen molar-refractivity contribution in [3.63, 3.8) is 0 Å². The molecule has 0 saturated carbocycles. The number of H-pyrrole nitrogens is 1. The van der Waals surface area contributed by atoms with Crippen LogP contribution in [-0.2, 0) is 9.16 Å². The van der Waals surface area contributed by atoms with Crippen LogP contribution in [0.5, 0.6) is 0 Å². The minimum atomic E-state index is -2.09. The lowest BCUT2D eigenvalue weighted by molar-refractivity contribution is -0.0263. The van der Waals surface area contributed by atoms with Crippen LogP contribution >= 0.6 is 0 Å². The summed E-state index contributed by atoms with van der Waals surface area (Å²) in [4.78, 5) is 44.4.